The molecule has 0 radical (unpaired) electrons. The van der Waals surface area contributed by atoms with Crippen molar-refractivity contribution in [2.75, 3.05) is 0 Å². The van der Waals surface area contributed by atoms with Gasteiger partial charge in [-0.1, -0.05) is 0 Å². The fourth-order valence-electron chi connectivity index (χ4n) is 1.90. The summed E-state index contributed by atoms with van der Waals surface area (Å²) in [6.45, 7) is 3.90. The van der Waals surface area contributed by atoms with Crippen LogP contribution in [0, 0.1) is 0 Å². The third-order valence-corrected chi connectivity index (χ3v) is 4.10. The Morgan fingerprint density at radius 2 is 2.18 bits per heavy atom. The van der Waals surface area contributed by atoms with E-state index in [9.17, 15) is 13.2 Å². The van der Waals surface area contributed by atoms with E-state index in [-0.39, 0.29) is 12.5 Å². The van der Waals surface area contributed by atoms with Crippen LogP contribution < -0.4 is 0 Å². The number of hydrogen-bond acceptors (Lipinski definition) is 4. The molecule has 2 heterocycles. The van der Waals surface area contributed by atoms with Crippen LogP contribution in [0.3, 0.4) is 0 Å². The van der Waals surface area contributed by atoms with E-state index in [4.69, 9.17) is 10.7 Å². The van der Waals surface area contributed by atoms with Gasteiger partial charge in [0, 0.05) is 16.7 Å². The summed E-state index contributed by atoms with van der Waals surface area (Å²) in [6.07, 6.45) is 3.32. The Morgan fingerprint density at radius 1 is 1.53 bits per heavy atom. The van der Waals surface area contributed by atoms with Crippen molar-refractivity contribution in [3.8, 4) is 0 Å². The molecule has 0 saturated carbocycles. The first-order valence-electron chi connectivity index (χ1n) is 5.11. The van der Waals surface area contributed by atoms with Crippen LogP contribution in [0.15, 0.2) is 12.5 Å². The van der Waals surface area contributed by atoms with Gasteiger partial charge in [0.15, 0.2) is 0 Å². The summed E-state index contributed by atoms with van der Waals surface area (Å²) in [5.74, 6) is -0.485. The van der Waals surface area contributed by atoms with Crippen molar-refractivity contribution in [1.29, 1.82) is 0 Å². The summed E-state index contributed by atoms with van der Waals surface area (Å²) < 4.78 is 25.0. The van der Waals surface area contributed by atoms with Gasteiger partial charge < -0.3 is 4.57 Å². The van der Waals surface area contributed by atoms with Crippen LogP contribution in [0.4, 0.5) is 0 Å². The Labute approximate surface area is 104 Å². The molecule has 0 spiro atoms. The Kier molecular flexibility index (Phi) is 2.90. The zero-order valence-corrected chi connectivity index (χ0v) is 10.9. The molecule has 2 rings (SSSR count). The minimum atomic E-state index is -4.02. The molecule has 1 saturated heterocycles. The van der Waals surface area contributed by atoms with E-state index in [2.05, 4.69) is 4.98 Å². The highest BCUT2D eigenvalue weighted by molar-refractivity contribution is 8.12. The fourth-order valence-corrected chi connectivity index (χ4v) is 3.23. The Hall–Kier alpha value is -1.08. The van der Waals surface area contributed by atoms with E-state index in [1.54, 1.807) is 12.5 Å². The summed E-state index contributed by atoms with van der Waals surface area (Å²) in [6, 6.07) is -0.391. The highest BCUT2D eigenvalue weighted by atomic mass is 35.7. The molecule has 94 valence electrons. The largest absolute Gasteiger partial charge is 0.330 e. The second-order valence-electron chi connectivity index (χ2n) is 4.17. The van der Waals surface area contributed by atoms with Crippen LogP contribution in [0.1, 0.15) is 38.0 Å². The lowest BCUT2D eigenvalue weighted by Gasteiger charge is -2.37. The summed E-state index contributed by atoms with van der Waals surface area (Å²) in [5.41, 5.74) is 0.684. The molecule has 0 aliphatic carbocycles. The molecule has 1 atom stereocenters. The molecule has 0 N–H and O–H groups in total. The zero-order valence-electron chi connectivity index (χ0n) is 9.37. The molecule has 8 heteroatoms. The molecule has 1 fully saturated rings. The summed E-state index contributed by atoms with van der Waals surface area (Å²) in [5, 5.41) is 0. The SMILES string of the molecule is CC(C)n1cncc1C1CC(=O)N1S(=O)(=O)Cl. The molecule has 17 heavy (non-hydrogen) atoms. The minimum Gasteiger partial charge on any atom is -0.330 e. The van der Waals surface area contributed by atoms with Crippen LogP contribution in [0.2, 0.25) is 0 Å². The lowest BCUT2D eigenvalue weighted by Crippen LogP contribution is -2.48. The van der Waals surface area contributed by atoms with Crippen LogP contribution >= 0.6 is 10.7 Å². The van der Waals surface area contributed by atoms with E-state index in [0.29, 0.717) is 10.00 Å². The number of hydrogen-bond donors (Lipinski definition) is 0. The predicted octanol–water partition coefficient (Wildman–Crippen LogP) is 1.22. The molecule has 0 aromatic carbocycles. The number of carbonyl (C=O) groups is 1. The van der Waals surface area contributed by atoms with E-state index < -0.39 is 21.2 Å². The highest BCUT2D eigenvalue weighted by Gasteiger charge is 2.46. The molecule has 1 amide bonds. The van der Waals surface area contributed by atoms with Gasteiger partial charge in [-0.3, -0.25) is 4.79 Å². The van der Waals surface area contributed by atoms with Crippen LogP contribution in [-0.2, 0) is 14.0 Å². The van der Waals surface area contributed by atoms with Gasteiger partial charge in [0.05, 0.1) is 30.7 Å². The number of nitrogens with zero attached hydrogens (tertiary/aromatic N) is 3. The van der Waals surface area contributed by atoms with E-state index in [1.165, 1.54) is 0 Å². The third kappa shape index (κ3) is 2.04. The van der Waals surface area contributed by atoms with Gasteiger partial charge in [0.1, 0.15) is 0 Å². The van der Waals surface area contributed by atoms with E-state index >= 15 is 0 Å². The predicted molar refractivity (Wildman–Crippen MR) is 61.6 cm³/mol. The number of amides is 1. The van der Waals surface area contributed by atoms with E-state index in [1.807, 2.05) is 18.4 Å². The summed E-state index contributed by atoms with van der Waals surface area (Å²) in [7, 11) is 1.20. The average Bonchev–Trinajstić information content (AvgIpc) is 2.58. The smallest absolute Gasteiger partial charge is 0.324 e. The van der Waals surface area contributed by atoms with Crippen molar-refractivity contribution in [2.24, 2.45) is 0 Å². The average molecular weight is 278 g/mol. The third-order valence-electron chi connectivity index (χ3n) is 2.73. The lowest BCUT2D eigenvalue weighted by atomic mass is 10.0. The van der Waals surface area contributed by atoms with Gasteiger partial charge in [0.2, 0.25) is 5.91 Å². The summed E-state index contributed by atoms with van der Waals surface area (Å²) >= 11 is 0. The van der Waals surface area contributed by atoms with Crippen molar-refractivity contribution >= 4 is 25.8 Å². The molecule has 1 aliphatic rings. The van der Waals surface area contributed by atoms with Crippen LogP contribution in [-0.4, -0.2) is 28.2 Å². The topological polar surface area (TPSA) is 72.3 Å². The normalized spacial score (nSPS) is 20.8. The van der Waals surface area contributed by atoms with E-state index in [0.717, 1.165) is 0 Å². The molecular weight excluding hydrogens is 266 g/mol. The Bertz CT molecular complexity index is 552. The maximum atomic E-state index is 11.3. The number of carbonyl (C=O) groups excluding carboxylic acids is 1. The quantitative estimate of drug-likeness (QED) is 0.615. The van der Waals surface area contributed by atoms with Gasteiger partial charge in [0.25, 0.3) is 0 Å². The molecular formula is C9H12ClN3O3S. The van der Waals surface area contributed by atoms with Crippen molar-refractivity contribution in [2.45, 2.75) is 32.4 Å². The number of rotatable bonds is 3. The first-order valence-corrected chi connectivity index (χ1v) is 7.37. The first kappa shape index (κ1) is 12.4. The zero-order chi connectivity index (χ0) is 12.8. The highest BCUT2D eigenvalue weighted by Crippen LogP contribution is 2.38. The van der Waals surface area contributed by atoms with Gasteiger partial charge in [-0.15, -0.1) is 0 Å². The molecule has 1 aromatic heterocycles. The molecule has 1 aliphatic heterocycles. The Morgan fingerprint density at radius 3 is 2.65 bits per heavy atom. The fraction of sp³-hybridized carbons (Fsp3) is 0.556. The van der Waals surface area contributed by atoms with Crippen molar-refractivity contribution < 1.29 is 13.2 Å². The first-order chi connectivity index (χ1) is 7.82. The van der Waals surface area contributed by atoms with Crippen molar-refractivity contribution in [1.82, 2.24) is 13.9 Å². The summed E-state index contributed by atoms with van der Waals surface area (Å²) in [4.78, 5) is 15.3. The maximum Gasteiger partial charge on any atom is 0.324 e. The number of imidazole rings is 1. The van der Waals surface area contributed by atoms with Gasteiger partial charge in [-0.25, -0.2) is 9.29 Å². The molecule has 1 aromatic rings. The second kappa shape index (κ2) is 3.99. The number of halogens is 1. The van der Waals surface area contributed by atoms with Crippen LogP contribution in [0.25, 0.3) is 0 Å². The number of aromatic nitrogens is 2. The monoisotopic (exact) mass is 277 g/mol. The molecule has 1 unspecified atom stereocenters. The number of β-lactam (4-membered cyclic amide) rings is 1. The van der Waals surface area contributed by atoms with Gasteiger partial charge in [-0.2, -0.15) is 8.42 Å². The maximum absolute atomic E-state index is 11.3. The van der Waals surface area contributed by atoms with Crippen LogP contribution in [0.5, 0.6) is 0 Å². The minimum absolute atomic E-state index is 0.142. The second-order valence-corrected chi connectivity index (χ2v) is 6.56. The van der Waals surface area contributed by atoms with Gasteiger partial charge in [-0.05, 0) is 13.8 Å². The molecule has 6 nitrogen and oxygen atoms in total. The van der Waals surface area contributed by atoms with Crippen molar-refractivity contribution in [3.63, 3.8) is 0 Å². The lowest BCUT2D eigenvalue weighted by molar-refractivity contribution is -0.137. The Balaban J connectivity index is 2.36. The van der Waals surface area contributed by atoms with Gasteiger partial charge >= 0.3 is 9.24 Å². The molecule has 0 bridgehead atoms. The standard InChI is InChI=1S/C9H12ClN3O3S/c1-6(2)12-5-11-4-8(12)7-3-9(14)13(7)17(10,15)16/h4-7H,3H2,1-2H3. The van der Waals surface area contributed by atoms with Crippen molar-refractivity contribution in [3.05, 3.63) is 18.2 Å².